The zero-order valence-electron chi connectivity index (χ0n) is 20.6. The third kappa shape index (κ3) is 5.15. The Morgan fingerprint density at radius 3 is 2.19 bits per heavy atom. The van der Waals surface area contributed by atoms with Gasteiger partial charge in [-0.1, -0.05) is 59.7 Å². The molecule has 0 spiro atoms. The summed E-state index contributed by atoms with van der Waals surface area (Å²) in [5, 5.41) is 9.00. The van der Waals surface area contributed by atoms with Crippen LogP contribution in [-0.2, 0) is 15.6 Å². The predicted molar refractivity (Wildman–Crippen MR) is 133 cm³/mol. The molecule has 0 unspecified atom stereocenters. The number of piperazine rings is 1. The molecule has 2 aromatic rings. The topological polar surface area (TPSA) is 56.7 Å². The van der Waals surface area contributed by atoms with E-state index in [2.05, 4.69) is 69.0 Å². The van der Waals surface area contributed by atoms with E-state index < -0.39 is 5.97 Å². The van der Waals surface area contributed by atoms with Crippen molar-refractivity contribution >= 4 is 11.8 Å². The normalized spacial score (nSPS) is 19.5. The van der Waals surface area contributed by atoms with Crippen molar-refractivity contribution in [3.8, 4) is 11.3 Å². The molecule has 1 aliphatic carbocycles. The minimum absolute atomic E-state index is 0.114. The number of nitrogens with zero attached hydrogens (tertiary/aromatic N) is 3. The lowest BCUT2D eigenvalue weighted by atomic mass is 9.63. The van der Waals surface area contributed by atoms with Crippen LogP contribution in [0.1, 0.15) is 65.5 Å². The quantitative estimate of drug-likeness (QED) is 0.701. The standard InChI is InChI=1S/C25H33N3O2.C2H6/c1-24(2)10-11-25(3,4)20-16-18(8-9-19(20)24)21-6-5-7-22(26-21)28-14-12-27(13-15-28)17-23(29)30;1-2/h5-9,16H,10-15,17H2,1-4H3,(H,29,30);1-2H3. The number of carboxylic acid groups (broad SMARTS) is 1. The first-order valence-corrected chi connectivity index (χ1v) is 12.0. The average molecular weight is 438 g/mol. The molecular weight excluding hydrogens is 398 g/mol. The maximum Gasteiger partial charge on any atom is 0.317 e. The van der Waals surface area contributed by atoms with Crippen LogP contribution >= 0.6 is 0 Å². The highest BCUT2D eigenvalue weighted by molar-refractivity contribution is 5.69. The highest BCUT2D eigenvalue weighted by Gasteiger charge is 2.37. The number of hydrogen-bond acceptors (Lipinski definition) is 4. The van der Waals surface area contributed by atoms with Crippen molar-refractivity contribution in [3.05, 3.63) is 47.5 Å². The number of anilines is 1. The van der Waals surface area contributed by atoms with E-state index in [4.69, 9.17) is 10.1 Å². The van der Waals surface area contributed by atoms with Gasteiger partial charge in [0.25, 0.3) is 0 Å². The number of carboxylic acids is 1. The number of carbonyl (C=O) groups is 1. The van der Waals surface area contributed by atoms with Gasteiger partial charge in [-0.15, -0.1) is 0 Å². The lowest BCUT2D eigenvalue weighted by molar-refractivity contribution is -0.138. The van der Waals surface area contributed by atoms with E-state index in [1.54, 1.807) is 0 Å². The van der Waals surface area contributed by atoms with Gasteiger partial charge < -0.3 is 10.0 Å². The summed E-state index contributed by atoms with van der Waals surface area (Å²) in [6, 6.07) is 13.1. The Morgan fingerprint density at radius 2 is 1.56 bits per heavy atom. The second kappa shape index (κ2) is 9.62. The molecule has 2 heterocycles. The predicted octanol–water partition coefficient (Wildman–Crippen LogP) is 5.33. The first-order chi connectivity index (χ1) is 15.2. The minimum atomic E-state index is -0.762. The van der Waals surface area contributed by atoms with Crippen LogP contribution in [0.25, 0.3) is 11.3 Å². The smallest absolute Gasteiger partial charge is 0.317 e. The SMILES string of the molecule is CC.CC1(C)CCC(C)(C)c2cc(-c3cccc(N4CCN(CC(=O)O)CC4)n3)ccc21. The van der Waals surface area contributed by atoms with E-state index in [1.807, 2.05) is 18.7 Å². The highest BCUT2D eigenvalue weighted by Crippen LogP contribution is 2.46. The van der Waals surface area contributed by atoms with Crippen molar-refractivity contribution in [3.63, 3.8) is 0 Å². The summed E-state index contributed by atoms with van der Waals surface area (Å²) in [5.41, 5.74) is 5.49. The Bertz CT molecular complexity index is 944. The van der Waals surface area contributed by atoms with Gasteiger partial charge in [0.15, 0.2) is 0 Å². The Balaban J connectivity index is 0.00000141. The molecule has 0 atom stereocenters. The number of benzene rings is 1. The van der Waals surface area contributed by atoms with Gasteiger partial charge in [-0.2, -0.15) is 0 Å². The summed E-state index contributed by atoms with van der Waals surface area (Å²) in [6.45, 7) is 16.6. The lowest BCUT2D eigenvalue weighted by Crippen LogP contribution is -2.48. The van der Waals surface area contributed by atoms with E-state index in [9.17, 15) is 4.79 Å². The summed E-state index contributed by atoms with van der Waals surface area (Å²) in [4.78, 5) is 20.2. The van der Waals surface area contributed by atoms with Gasteiger partial charge in [0.05, 0.1) is 12.2 Å². The van der Waals surface area contributed by atoms with Gasteiger partial charge in [-0.3, -0.25) is 9.69 Å². The largest absolute Gasteiger partial charge is 0.480 e. The Kier molecular flexibility index (Phi) is 7.29. The first kappa shape index (κ1) is 24.2. The number of pyridine rings is 1. The molecule has 0 bridgehead atoms. The molecule has 1 aromatic carbocycles. The molecule has 5 nitrogen and oxygen atoms in total. The molecule has 32 heavy (non-hydrogen) atoms. The van der Waals surface area contributed by atoms with Crippen LogP contribution in [-0.4, -0.2) is 53.7 Å². The maximum atomic E-state index is 10.9. The average Bonchev–Trinajstić information content (AvgIpc) is 2.78. The van der Waals surface area contributed by atoms with Crippen LogP contribution in [0.2, 0.25) is 0 Å². The number of rotatable bonds is 4. The fraction of sp³-hybridized carbons (Fsp3) is 0.556. The summed E-state index contributed by atoms with van der Waals surface area (Å²) in [7, 11) is 0. The van der Waals surface area contributed by atoms with Crippen LogP contribution in [0, 0.1) is 0 Å². The van der Waals surface area contributed by atoms with Crippen LogP contribution in [0.4, 0.5) is 5.82 Å². The molecule has 2 aliphatic rings. The van der Waals surface area contributed by atoms with Crippen LogP contribution in [0.15, 0.2) is 36.4 Å². The summed E-state index contributed by atoms with van der Waals surface area (Å²) < 4.78 is 0. The molecule has 1 aromatic heterocycles. The second-order valence-corrected chi connectivity index (χ2v) is 10.1. The number of aliphatic carboxylic acids is 1. The molecule has 174 valence electrons. The monoisotopic (exact) mass is 437 g/mol. The third-order valence-electron chi connectivity index (χ3n) is 6.94. The van der Waals surface area contributed by atoms with Crippen molar-refractivity contribution in [1.82, 2.24) is 9.88 Å². The zero-order chi connectivity index (χ0) is 23.5. The highest BCUT2D eigenvalue weighted by atomic mass is 16.4. The fourth-order valence-electron chi connectivity index (χ4n) is 4.83. The Hall–Kier alpha value is -2.40. The minimum Gasteiger partial charge on any atom is -0.480 e. The van der Waals surface area contributed by atoms with E-state index in [-0.39, 0.29) is 17.4 Å². The molecule has 1 fully saturated rings. The summed E-state index contributed by atoms with van der Waals surface area (Å²) >= 11 is 0. The van der Waals surface area contributed by atoms with Crippen molar-refractivity contribution in [1.29, 1.82) is 0 Å². The van der Waals surface area contributed by atoms with Crippen molar-refractivity contribution in [2.75, 3.05) is 37.6 Å². The molecular formula is C27H39N3O2. The van der Waals surface area contributed by atoms with Gasteiger partial charge in [0.1, 0.15) is 5.82 Å². The molecule has 1 saturated heterocycles. The number of fused-ring (bicyclic) bond motifs is 1. The van der Waals surface area contributed by atoms with Crippen LogP contribution < -0.4 is 4.90 Å². The Morgan fingerprint density at radius 1 is 0.938 bits per heavy atom. The van der Waals surface area contributed by atoms with Crippen LogP contribution in [0.5, 0.6) is 0 Å². The third-order valence-corrected chi connectivity index (χ3v) is 6.94. The van der Waals surface area contributed by atoms with E-state index in [0.717, 1.165) is 37.7 Å². The molecule has 4 rings (SSSR count). The molecule has 1 aliphatic heterocycles. The molecule has 5 heteroatoms. The second-order valence-electron chi connectivity index (χ2n) is 10.1. The Labute approximate surface area is 193 Å². The van der Waals surface area contributed by atoms with Crippen molar-refractivity contribution in [2.45, 2.75) is 65.2 Å². The van der Waals surface area contributed by atoms with Gasteiger partial charge in [-0.05, 0) is 53.0 Å². The van der Waals surface area contributed by atoms with E-state index in [0.29, 0.717) is 0 Å². The van der Waals surface area contributed by atoms with Gasteiger partial charge in [-0.25, -0.2) is 4.98 Å². The first-order valence-electron chi connectivity index (χ1n) is 12.0. The fourth-order valence-corrected chi connectivity index (χ4v) is 4.83. The van der Waals surface area contributed by atoms with Crippen molar-refractivity contribution in [2.24, 2.45) is 0 Å². The van der Waals surface area contributed by atoms with Crippen LogP contribution in [0.3, 0.4) is 0 Å². The van der Waals surface area contributed by atoms with Crippen molar-refractivity contribution < 1.29 is 9.90 Å². The molecule has 0 amide bonds. The van der Waals surface area contributed by atoms with Gasteiger partial charge >= 0.3 is 5.97 Å². The summed E-state index contributed by atoms with van der Waals surface area (Å²) in [6.07, 6.45) is 2.42. The maximum absolute atomic E-state index is 10.9. The number of hydrogen-bond donors (Lipinski definition) is 1. The molecule has 0 saturated carbocycles. The molecule has 1 N–H and O–H groups in total. The van der Waals surface area contributed by atoms with E-state index >= 15 is 0 Å². The van der Waals surface area contributed by atoms with E-state index in [1.165, 1.54) is 29.5 Å². The van der Waals surface area contributed by atoms with Gasteiger partial charge in [0.2, 0.25) is 0 Å². The lowest BCUT2D eigenvalue weighted by Gasteiger charge is -2.42. The molecule has 0 radical (unpaired) electrons. The zero-order valence-corrected chi connectivity index (χ0v) is 20.6. The summed E-state index contributed by atoms with van der Waals surface area (Å²) in [5.74, 6) is 0.210. The number of aromatic nitrogens is 1. The van der Waals surface area contributed by atoms with Gasteiger partial charge in [0, 0.05) is 31.7 Å².